The van der Waals surface area contributed by atoms with Gasteiger partial charge in [0.1, 0.15) is 0 Å². The summed E-state index contributed by atoms with van der Waals surface area (Å²) in [4.78, 5) is 12.0. The van der Waals surface area contributed by atoms with Gasteiger partial charge in [0, 0.05) is 20.0 Å². The molecule has 0 saturated heterocycles. The third-order valence-electron chi connectivity index (χ3n) is 3.28. The van der Waals surface area contributed by atoms with Gasteiger partial charge >= 0.3 is 5.97 Å². The van der Waals surface area contributed by atoms with Gasteiger partial charge in [0.2, 0.25) is 5.79 Å². The van der Waals surface area contributed by atoms with Crippen LogP contribution in [0, 0.1) is 0 Å². The lowest BCUT2D eigenvalue weighted by atomic mass is 9.94. The van der Waals surface area contributed by atoms with Crippen molar-refractivity contribution in [3.63, 3.8) is 0 Å². The van der Waals surface area contributed by atoms with Crippen LogP contribution in [0.25, 0.3) is 0 Å². The minimum absolute atomic E-state index is 0.297. The third kappa shape index (κ3) is 2.86. The molecule has 1 aliphatic carbocycles. The van der Waals surface area contributed by atoms with Gasteiger partial charge in [-0.15, -0.1) is 0 Å². The van der Waals surface area contributed by atoms with E-state index in [9.17, 15) is 4.79 Å². The summed E-state index contributed by atoms with van der Waals surface area (Å²) in [5.74, 6) is -1.00. The second-order valence-corrected chi connectivity index (χ2v) is 4.43. The van der Waals surface area contributed by atoms with Crippen LogP contribution in [-0.4, -0.2) is 18.9 Å². The normalized spacial score (nSPS) is 18.6. The molecular formula is C14H18O3. The van der Waals surface area contributed by atoms with Gasteiger partial charge in [0.05, 0.1) is 5.56 Å². The Bertz CT molecular complexity index is 366. The number of methoxy groups -OCH3 is 1. The second-order valence-electron chi connectivity index (χ2n) is 4.43. The summed E-state index contributed by atoms with van der Waals surface area (Å²) in [6.45, 7) is 0. The van der Waals surface area contributed by atoms with Gasteiger partial charge < -0.3 is 9.47 Å². The molecular weight excluding hydrogens is 216 g/mol. The van der Waals surface area contributed by atoms with Gasteiger partial charge in [-0.1, -0.05) is 24.6 Å². The first kappa shape index (κ1) is 12.1. The van der Waals surface area contributed by atoms with Gasteiger partial charge in [-0.2, -0.15) is 0 Å². The van der Waals surface area contributed by atoms with Crippen molar-refractivity contribution in [1.29, 1.82) is 0 Å². The van der Waals surface area contributed by atoms with E-state index in [1.165, 1.54) is 6.42 Å². The summed E-state index contributed by atoms with van der Waals surface area (Å²) < 4.78 is 11.0. The number of benzene rings is 1. The number of hydrogen-bond donors (Lipinski definition) is 0. The molecule has 1 aromatic carbocycles. The third-order valence-corrected chi connectivity index (χ3v) is 3.28. The SMILES string of the molecule is COC1(OC(=O)c2ccccc2)CCCCC1. The fraction of sp³-hybridized carbons (Fsp3) is 0.500. The Balaban J connectivity index is 2.06. The van der Waals surface area contributed by atoms with Crippen LogP contribution in [0.2, 0.25) is 0 Å². The van der Waals surface area contributed by atoms with Crippen LogP contribution in [0.1, 0.15) is 42.5 Å². The maximum Gasteiger partial charge on any atom is 0.340 e. The highest BCUT2D eigenvalue weighted by Crippen LogP contribution is 2.32. The Labute approximate surface area is 102 Å². The maximum atomic E-state index is 12.0. The van der Waals surface area contributed by atoms with E-state index in [4.69, 9.17) is 9.47 Å². The quantitative estimate of drug-likeness (QED) is 0.595. The smallest absolute Gasteiger partial charge is 0.340 e. The fourth-order valence-electron chi connectivity index (χ4n) is 2.24. The molecule has 0 aliphatic heterocycles. The second kappa shape index (κ2) is 5.32. The van der Waals surface area contributed by atoms with Crippen LogP contribution >= 0.6 is 0 Å². The summed E-state index contributed by atoms with van der Waals surface area (Å²) in [6.07, 6.45) is 4.88. The summed E-state index contributed by atoms with van der Waals surface area (Å²) in [6, 6.07) is 9.06. The highest BCUT2D eigenvalue weighted by Gasteiger charge is 2.36. The minimum atomic E-state index is -0.703. The molecule has 17 heavy (non-hydrogen) atoms. The zero-order chi connectivity index (χ0) is 12.1. The summed E-state index contributed by atoms with van der Waals surface area (Å²) in [5.41, 5.74) is 0.578. The molecule has 1 saturated carbocycles. The van der Waals surface area contributed by atoms with Gasteiger partial charge in [0.25, 0.3) is 0 Å². The predicted molar refractivity (Wildman–Crippen MR) is 64.7 cm³/mol. The highest BCUT2D eigenvalue weighted by molar-refractivity contribution is 5.89. The molecule has 0 aromatic heterocycles. The zero-order valence-corrected chi connectivity index (χ0v) is 10.1. The van der Waals surface area contributed by atoms with E-state index in [-0.39, 0.29) is 5.97 Å². The molecule has 0 N–H and O–H groups in total. The summed E-state index contributed by atoms with van der Waals surface area (Å²) in [5, 5.41) is 0. The average molecular weight is 234 g/mol. The van der Waals surface area contributed by atoms with Gasteiger partial charge in [0.15, 0.2) is 0 Å². The monoisotopic (exact) mass is 234 g/mol. The van der Waals surface area contributed by atoms with Gasteiger partial charge in [-0.05, 0) is 25.0 Å². The van der Waals surface area contributed by atoms with Crippen LogP contribution in [0.5, 0.6) is 0 Å². The molecule has 0 radical (unpaired) electrons. The number of carbonyl (C=O) groups is 1. The van der Waals surface area contributed by atoms with Crippen molar-refractivity contribution in [2.45, 2.75) is 37.9 Å². The largest absolute Gasteiger partial charge is 0.429 e. The molecule has 0 spiro atoms. The lowest BCUT2D eigenvalue weighted by Crippen LogP contribution is -2.39. The Morgan fingerprint density at radius 2 is 1.76 bits per heavy atom. The number of hydrogen-bond acceptors (Lipinski definition) is 3. The van der Waals surface area contributed by atoms with E-state index in [0.29, 0.717) is 5.56 Å². The van der Waals surface area contributed by atoms with Crippen molar-refractivity contribution in [2.24, 2.45) is 0 Å². The van der Waals surface area contributed by atoms with Gasteiger partial charge in [-0.25, -0.2) is 4.79 Å². The molecule has 1 aromatic rings. The van der Waals surface area contributed by atoms with E-state index in [1.54, 1.807) is 19.2 Å². The highest BCUT2D eigenvalue weighted by atomic mass is 16.7. The maximum absolute atomic E-state index is 12.0. The molecule has 3 heteroatoms. The lowest BCUT2D eigenvalue weighted by Gasteiger charge is -2.35. The van der Waals surface area contributed by atoms with Crippen LogP contribution < -0.4 is 0 Å². The molecule has 0 unspecified atom stereocenters. The predicted octanol–water partition coefficient (Wildman–Crippen LogP) is 3.15. The molecule has 1 fully saturated rings. The van der Waals surface area contributed by atoms with E-state index in [0.717, 1.165) is 25.7 Å². The average Bonchev–Trinajstić information content (AvgIpc) is 2.41. The van der Waals surface area contributed by atoms with E-state index < -0.39 is 5.79 Å². The number of carbonyl (C=O) groups excluding carboxylic acids is 1. The molecule has 0 bridgehead atoms. The molecule has 0 atom stereocenters. The molecule has 0 amide bonds. The van der Waals surface area contributed by atoms with Crippen LogP contribution in [0.3, 0.4) is 0 Å². The van der Waals surface area contributed by atoms with Crippen LogP contribution in [0.15, 0.2) is 30.3 Å². The van der Waals surface area contributed by atoms with Crippen molar-refractivity contribution >= 4 is 5.97 Å². The van der Waals surface area contributed by atoms with Crippen LogP contribution in [0.4, 0.5) is 0 Å². The fourth-order valence-corrected chi connectivity index (χ4v) is 2.24. The standard InChI is InChI=1S/C14H18O3/c1-16-14(10-6-3-7-11-14)17-13(15)12-8-4-2-5-9-12/h2,4-5,8-9H,3,6-7,10-11H2,1H3. The summed E-state index contributed by atoms with van der Waals surface area (Å²) >= 11 is 0. The van der Waals surface area contributed by atoms with Gasteiger partial charge in [-0.3, -0.25) is 0 Å². The Morgan fingerprint density at radius 1 is 1.12 bits per heavy atom. The van der Waals surface area contributed by atoms with Crippen molar-refractivity contribution in [1.82, 2.24) is 0 Å². The van der Waals surface area contributed by atoms with Crippen molar-refractivity contribution in [3.8, 4) is 0 Å². The van der Waals surface area contributed by atoms with E-state index in [1.807, 2.05) is 18.2 Å². The molecule has 2 rings (SSSR count). The minimum Gasteiger partial charge on any atom is -0.429 e. The topological polar surface area (TPSA) is 35.5 Å². The Kier molecular flexibility index (Phi) is 3.79. The number of rotatable bonds is 3. The van der Waals surface area contributed by atoms with Crippen molar-refractivity contribution < 1.29 is 14.3 Å². The first-order chi connectivity index (χ1) is 8.26. The van der Waals surface area contributed by atoms with Crippen LogP contribution in [-0.2, 0) is 9.47 Å². The molecule has 0 heterocycles. The first-order valence-corrected chi connectivity index (χ1v) is 6.09. The molecule has 1 aliphatic rings. The summed E-state index contributed by atoms with van der Waals surface area (Å²) in [7, 11) is 1.61. The molecule has 92 valence electrons. The number of ether oxygens (including phenoxy) is 2. The van der Waals surface area contributed by atoms with E-state index >= 15 is 0 Å². The Hall–Kier alpha value is -1.35. The van der Waals surface area contributed by atoms with Crippen molar-refractivity contribution in [3.05, 3.63) is 35.9 Å². The lowest BCUT2D eigenvalue weighted by molar-refractivity contribution is -0.204. The van der Waals surface area contributed by atoms with Crippen molar-refractivity contribution in [2.75, 3.05) is 7.11 Å². The van der Waals surface area contributed by atoms with E-state index in [2.05, 4.69) is 0 Å². The molecule has 3 nitrogen and oxygen atoms in total. The first-order valence-electron chi connectivity index (χ1n) is 6.09. The number of esters is 1. The Morgan fingerprint density at radius 3 is 2.35 bits per heavy atom. The zero-order valence-electron chi connectivity index (χ0n) is 10.1.